The second kappa shape index (κ2) is 7.73. The lowest BCUT2D eigenvalue weighted by Crippen LogP contribution is -2.36. The lowest BCUT2D eigenvalue weighted by Gasteiger charge is -2.28. The van der Waals surface area contributed by atoms with E-state index in [0.29, 0.717) is 5.84 Å². The van der Waals surface area contributed by atoms with E-state index >= 15 is 0 Å². The summed E-state index contributed by atoms with van der Waals surface area (Å²) in [6.07, 6.45) is 7.78. The molecule has 0 unspecified atom stereocenters. The Morgan fingerprint density at radius 2 is 1.84 bits per heavy atom. The van der Waals surface area contributed by atoms with Crippen molar-refractivity contribution in [1.29, 1.82) is 0 Å². The smallest absolute Gasteiger partial charge is 0.144 e. The largest absolute Gasteiger partial charge is 0.409 e. The average molecular weight is 269 g/mol. The van der Waals surface area contributed by atoms with E-state index < -0.39 is 0 Å². The molecule has 1 aliphatic rings. The Morgan fingerprint density at radius 1 is 1.26 bits per heavy atom. The van der Waals surface area contributed by atoms with Crippen LogP contribution in [0.15, 0.2) is 5.16 Å². The van der Waals surface area contributed by atoms with E-state index in [2.05, 4.69) is 17.4 Å². The third-order valence-electron chi connectivity index (χ3n) is 4.70. The van der Waals surface area contributed by atoms with Gasteiger partial charge >= 0.3 is 0 Å². The van der Waals surface area contributed by atoms with Gasteiger partial charge in [-0.3, -0.25) is 0 Å². The van der Waals surface area contributed by atoms with Gasteiger partial charge in [-0.2, -0.15) is 0 Å². The number of nitrogens with zero attached hydrogens (tertiary/aromatic N) is 1. The number of hydrogen-bond donors (Lipinski definition) is 3. The zero-order valence-corrected chi connectivity index (χ0v) is 12.8. The molecule has 1 fully saturated rings. The summed E-state index contributed by atoms with van der Waals surface area (Å²) in [5.41, 5.74) is 5.44. The van der Waals surface area contributed by atoms with E-state index in [1.54, 1.807) is 0 Å². The van der Waals surface area contributed by atoms with Crippen LogP contribution in [0.5, 0.6) is 0 Å². The van der Waals surface area contributed by atoms with Gasteiger partial charge in [0.15, 0.2) is 0 Å². The van der Waals surface area contributed by atoms with Crippen molar-refractivity contribution in [1.82, 2.24) is 5.32 Å². The summed E-state index contributed by atoms with van der Waals surface area (Å²) in [5.74, 6) is 2.13. The normalized spacial score (nSPS) is 25.5. The van der Waals surface area contributed by atoms with Gasteiger partial charge in [0.1, 0.15) is 5.84 Å². The predicted molar refractivity (Wildman–Crippen MR) is 80.4 cm³/mol. The molecular formula is C15H31N3O. The molecule has 0 atom stereocenters. The average Bonchev–Trinajstić information content (AvgIpc) is 2.43. The minimum Gasteiger partial charge on any atom is -0.409 e. The molecule has 112 valence electrons. The van der Waals surface area contributed by atoms with Gasteiger partial charge < -0.3 is 16.3 Å². The van der Waals surface area contributed by atoms with Gasteiger partial charge in [-0.05, 0) is 44.2 Å². The van der Waals surface area contributed by atoms with Gasteiger partial charge in [-0.25, -0.2) is 0 Å². The molecule has 0 aliphatic heterocycles. The SMILES string of the molecule is CCC1CCC(CNCCC(C)(C)C(N)=NO)CC1. The van der Waals surface area contributed by atoms with Crippen LogP contribution in [0.4, 0.5) is 0 Å². The second-order valence-electron chi connectivity index (χ2n) is 6.62. The van der Waals surface area contributed by atoms with Crippen molar-refractivity contribution >= 4 is 5.84 Å². The lowest BCUT2D eigenvalue weighted by atomic mass is 9.81. The third kappa shape index (κ3) is 5.39. The van der Waals surface area contributed by atoms with Gasteiger partial charge in [0.25, 0.3) is 0 Å². The highest BCUT2D eigenvalue weighted by molar-refractivity contribution is 5.85. The monoisotopic (exact) mass is 269 g/mol. The van der Waals surface area contributed by atoms with Gasteiger partial charge in [-0.15, -0.1) is 0 Å². The number of rotatable bonds is 7. The molecule has 1 saturated carbocycles. The minimum absolute atomic E-state index is 0.235. The van der Waals surface area contributed by atoms with Crippen molar-refractivity contribution in [3.05, 3.63) is 0 Å². The number of oxime groups is 1. The van der Waals surface area contributed by atoms with Crippen LogP contribution in [0.1, 0.15) is 59.3 Å². The zero-order valence-electron chi connectivity index (χ0n) is 12.8. The van der Waals surface area contributed by atoms with E-state index in [0.717, 1.165) is 31.3 Å². The fourth-order valence-corrected chi connectivity index (χ4v) is 2.81. The molecule has 1 aliphatic carbocycles. The molecule has 0 aromatic heterocycles. The molecule has 0 spiro atoms. The Labute approximate surface area is 117 Å². The van der Waals surface area contributed by atoms with Crippen LogP contribution >= 0.6 is 0 Å². The van der Waals surface area contributed by atoms with Crippen molar-refractivity contribution in [2.45, 2.75) is 59.3 Å². The van der Waals surface area contributed by atoms with Crippen LogP contribution in [0.25, 0.3) is 0 Å². The maximum atomic E-state index is 8.72. The first-order valence-electron chi connectivity index (χ1n) is 7.68. The zero-order chi connectivity index (χ0) is 14.3. The number of nitrogens with two attached hydrogens (primary N) is 1. The number of hydrogen-bond acceptors (Lipinski definition) is 3. The van der Waals surface area contributed by atoms with Crippen molar-refractivity contribution < 1.29 is 5.21 Å². The maximum absolute atomic E-state index is 8.72. The van der Waals surface area contributed by atoms with Gasteiger partial charge in [-0.1, -0.05) is 45.2 Å². The summed E-state index contributed by atoms with van der Waals surface area (Å²) in [7, 11) is 0. The van der Waals surface area contributed by atoms with E-state index in [9.17, 15) is 0 Å². The third-order valence-corrected chi connectivity index (χ3v) is 4.70. The molecule has 0 aromatic rings. The molecule has 19 heavy (non-hydrogen) atoms. The van der Waals surface area contributed by atoms with Gasteiger partial charge in [0, 0.05) is 5.41 Å². The van der Waals surface area contributed by atoms with E-state index in [4.69, 9.17) is 10.9 Å². The molecule has 0 bridgehead atoms. The first kappa shape index (κ1) is 16.3. The van der Waals surface area contributed by atoms with Crippen LogP contribution in [0, 0.1) is 17.3 Å². The topological polar surface area (TPSA) is 70.6 Å². The lowest BCUT2D eigenvalue weighted by molar-refractivity contribution is 0.260. The Morgan fingerprint density at radius 3 is 2.37 bits per heavy atom. The van der Waals surface area contributed by atoms with Crippen LogP contribution in [0.3, 0.4) is 0 Å². The van der Waals surface area contributed by atoms with Crippen molar-refractivity contribution in [2.24, 2.45) is 28.1 Å². The van der Waals surface area contributed by atoms with Gasteiger partial charge in [0.2, 0.25) is 0 Å². The van der Waals surface area contributed by atoms with E-state index in [1.165, 1.54) is 32.1 Å². The first-order chi connectivity index (χ1) is 8.99. The summed E-state index contributed by atoms with van der Waals surface area (Å²) < 4.78 is 0. The molecule has 0 saturated heterocycles. The molecule has 1 rings (SSSR count). The fraction of sp³-hybridized carbons (Fsp3) is 0.933. The molecular weight excluding hydrogens is 238 g/mol. The molecule has 0 amide bonds. The number of nitrogens with one attached hydrogen (secondary N) is 1. The number of amidine groups is 1. The van der Waals surface area contributed by atoms with Crippen LogP contribution in [-0.4, -0.2) is 24.1 Å². The Balaban J connectivity index is 2.15. The summed E-state index contributed by atoms with van der Waals surface area (Å²) in [6, 6.07) is 0. The summed E-state index contributed by atoms with van der Waals surface area (Å²) in [5, 5.41) is 15.4. The molecule has 0 radical (unpaired) electrons. The van der Waals surface area contributed by atoms with Crippen LogP contribution < -0.4 is 11.1 Å². The van der Waals surface area contributed by atoms with E-state index in [1.807, 2.05) is 13.8 Å². The van der Waals surface area contributed by atoms with Crippen molar-refractivity contribution in [2.75, 3.05) is 13.1 Å². The molecule has 0 aromatic carbocycles. The van der Waals surface area contributed by atoms with Crippen LogP contribution in [0.2, 0.25) is 0 Å². The molecule has 0 heterocycles. The first-order valence-corrected chi connectivity index (χ1v) is 7.68. The Hall–Kier alpha value is -0.770. The van der Waals surface area contributed by atoms with Crippen molar-refractivity contribution in [3.8, 4) is 0 Å². The molecule has 4 heteroatoms. The molecule has 4 N–H and O–H groups in total. The quantitative estimate of drug-likeness (QED) is 0.219. The van der Waals surface area contributed by atoms with Crippen LogP contribution in [-0.2, 0) is 0 Å². The Bertz CT molecular complexity index is 281. The highest BCUT2D eigenvalue weighted by Crippen LogP contribution is 2.30. The summed E-state index contributed by atoms with van der Waals surface area (Å²) in [4.78, 5) is 0. The summed E-state index contributed by atoms with van der Waals surface area (Å²) >= 11 is 0. The maximum Gasteiger partial charge on any atom is 0.144 e. The van der Waals surface area contributed by atoms with Crippen molar-refractivity contribution in [3.63, 3.8) is 0 Å². The summed E-state index contributed by atoms with van der Waals surface area (Å²) in [6.45, 7) is 8.37. The van der Waals surface area contributed by atoms with Gasteiger partial charge in [0.05, 0.1) is 0 Å². The molecule has 4 nitrogen and oxygen atoms in total. The second-order valence-corrected chi connectivity index (χ2v) is 6.62. The predicted octanol–water partition coefficient (Wildman–Crippen LogP) is 2.96. The Kier molecular flexibility index (Phi) is 6.63. The highest BCUT2D eigenvalue weighted by atomic mass is 16.4. The standard InChI is InChI=1S/C15H31N3O/c1-4-12-5-7-13(8-6-12)11-17-10-9-15(2,3)14(16)18-19/h12-13,17,19H,4-11H2,1-3H3,(H2,16,18). The van der Waals surface area contributed by atoms with E-state index in [-0.39, 0.29) is 5.41 Å². The minimum atomic E-state index is -0.235. The highest BCUT2D eigenvalue weighted by Gasteiger charge is 2.23. The fourth-order valence-electron chi connectivity index (χ4n) is 2.81.